The van der Waals surface area contributed by atoms with Crippen molar-refractivity contribution < 1.29 is 17.2 Å². The van der Waals surface area contributed by atoms with Gasteiger partial charge >= 0.3 is 0 Å². The van der Waals surface area contributed by atoms with Crippen molar-refractivity contribution in [2.75, 3.05) is 5.73 Å². The summed E-state index contributed by atoms with van der Waals surface area (Å²) in [5.41, 5.74) is 5.18. The molecule has 2 rings (SSSR count). The van der Waals surface area contributed by atoms with Crippen LogP contribution in [-0.2, 0) is 9.84 Å². The van der Waals surface area contributed by atoms with Crippen LogP contribution in [0.5, 0.6) is 0 Å². The maximum Gasteiger partial charge on any atom is 0.187 e. The molecule has 0 heterocycles. The molecule has 2 N–H and O–H groups in total. The zero-order valence-corrected chi connectivity index (χ0v) is 11.3. The number of nitrogen functional groups attached to an aromatic ring is 1. The molecule has 19 heavy (non-hydrogen) atoms. The van der Waals surface area contributed by atoms with Crippen LogP contribution in [0.2, 0.25) is 0 Å². The summed E-state index contributed by atoms with van der Waals surface area (Å²) in [7, 11) is -3.97. The fraction of sp³-hybridized carbons (Fsp3) is 0.538. The van der Waals surface area contributed by atoms with Crippen molar-refractivity contribution in [1.29, 1.82) is 0 Å². The summed E-state index contributed by atoms with van der Waals surface area (Å²) >= 11 is 0. The number of benzene rings is 1. The van der Waals surface area contributed by atoms with Crippen LogP contribution < -0.4 is 5.73 Å². The number of sulfone groups is 1. The van der Waals surface area contributed by atoms with Gasteiger partial charge in [-0.05, 0) is 25.0 Å². The Morgan fingerprint density at radius 2 is 1.47 bits per heavy atom. The number of halogens is 2. The molecule has 3 nitrogen and oxygen atoms in total. The summed E-state index contributed by atoms with van der Waals surface area (Å²) in [6.45, 7) is 0. The molecule has 0 unspecified atom stereocenters. The molecule has 0 amide bonds. The molecule has 6 heteroatoms. The number of hydrogen-bond donors (Lipinski definition) is 1. The molecule has 1 fully saturated rings. The van der Waals surface area contributed by atoms with E-state index in [1.165, 1.54) is 0 Å². The first-order chi connectivity index (χ1) is 8.93. The predicted octanol–water partition coefficient (Wildman–Crippen LogP) is 3.04. The molecule has 0 spiro atoms. The predicted molar refractivity (Wildman–Crippen MR) is 69.4 cm³/mol. The van der Waals surface area contributed by atoms with Gasteiger partial charge in [0.15, 0.2) is 9.84 Å². The van der Waals surface area contributed by atoms with E-state index in [2.05, 4.69) is 0 Å². The highest BCUT2D eigenvalue weighted by Gasteiger charge is 2.33. The van der Waals surface area contributed by atoms with E-state index in [4.69, 9.17) is 5.73 Å². The van der Waals surface area contributed by atoms with Gasteiger partial charge in [0.05, 0.1) is 5.25 Å². The van der Waals surface area contributed by atoms with Crippen molar-refractivity contribution in [2.45, 2.75) is 48.7 Å². The van der Waals surface area contributed by atoms with Gasteiger partial charge in [-0.25, -0.2) is 17.2 Å². The minimum Gasteiger partial charge on any atom is -0.399 e. The van der Waals surface area contributed by atoms with Crippen LogP contribution in [0.25, 0.3) is 0 Å². The first kappa shape index (κ1) is 14.2. The third-order valence-electron chi connectivity index (χ3n) is 3.55. The average molecular weight is 289 g/mol. The van der Waals surface area contributed by atoms with Gasteiger partial charge in [0.2, 0.25) is 0 Å². The highest BCUT2D eigenvalue weighted by Crippen LogP contribution is 2.31. The van der Waals surface area contributed by atoms with E-state index in [0.29, 0.717) is 12.8 Å². The lowest BCUT2D eigenvalue weighted by Gasteiger charge is -2.16. The van der Waals surface area contributed by atoms with Crippen LogP contribution in [0.1, 0.15) is 38.5 Å². The standard InChI is InChI=1S/C13H17F2NO2S/c14-11-7-9(16)8-12(15)13(11)19(17,18)10-5-3-1-2-4-6-10/h7-8,10H,1-6,16H2. The van der Waals surface area contributed by atoms with Crippen molar-refractivity contribution in [2.24, 2.45) is 0 Å². The second-order valence-corrected chi connectivity index (χ2v) is 7.14. The lowest BCUT2D eigenvalue weighted by Crippen LogP contribution is -2.23. The third kappa shape index (κ3) is 2.88. The molecule has 1 aliphatic carbocycles. The highest BCUT2D eigenvalue weighted by molar-refractivity contribution is 7.92. The van der Waals surface area contributed by atoms with Crippen LogP contribution in [0, 0.1) is 11.6 Å². The van der Waals surface area contributed by atoms with Crippen molar-refractivity contribution in [3.63, 3.8) is 0 Å². The minimum atomic E-state index is -3.97. The van der Waals surface area contributed by atoms with Crippen LogP contribution in [0.3, 0.4) is 0 Å². The molecular weight excluding hydrogens is 272 g/mol. The van der Waals surface area contributed by atoms with Crippen LogP contribution in [0.4, 0.5) is 14.5 Å². The number of hydrogen-bond acceptors (Lipinski definition) is 3. The summed E-state index contributed by atoms with van der Waals surface area (Å²) in [6.07, 6.45) is 4.43. The summed E-state index contributed by atoms with van der Waals surface area (Å²) < 4.78 is 52.3. The molecular formula is C13H17F2NO2S. The quantitative estimate of drug-likeness (QED) is 0.672. The van der Waals surface area contributed by atoms with Gasteiger partial charge in [-0.15, -0.1) is 0 Å². The molecule has 0 aliphatic heterocycles. The monoisotopic (exact) mass is 289 g/mol. The van der Waals surface area contributed by atoms with Crippen molar-refractivity contribution in [3.8, 4) is 0 Å². The zero-order valence-electron chi connectivity index (χ0n) is 10.5. The molecule has 1 aliphatic rings. The van der Waals surface area contributed by atoms with Gasteiger partial charge < -0.3 is 5.73 Å². The Bertz CT molecular complexity index is 541. The summed E-state index contributed by atoms with van der Waals surface area (Å²) in [6, 6.07) is 1.71. The van der Waals surface area contributed by atoms with Gasteiger partial charge in [0.1, 0.15) is 16.5 Å². The minimum absolute atomic E-state index is 0.116. The Labute approximate surface area is 111 Å². The molecule has 0 saturated heterocycles. The Morgan fingerprint density at radius 3 is 1.95 bits per heavy atom. The lowest BCUT2D eigenvalue weighted by molar-refractivity contribution is 0.509. The van der Waals surface area contributed by atoms with E-state index in [1.807, 2.05) is 0 Å². The molecule has 1 aromatic rings. The molecule has 0 bridgehead atoms. The second kappa shape index (κ2) is 5.45. The van der Waals surface area contributed by atoms with E-state index in [9.17, 15) is 17.2 Å². The molecule has 106 valence electrons. The van der Waals surface area contributed by atoms with Crippen molar-refractivity contribution in [3.05, 3.63) is 23.8 Å². The first-order valence-corrected chi connectivity index (χ1v) is 7.96. The Hall–Kier alpha value is -1.17. The van der Waals surface area contributed by atoms with Crippen LogP contribution in [0.15, 0.2) is 17.0 Å². The number of anilines is 1. The average Bonchev–Trinajstić information content (AvgIpc) is 2.55. The molecule has 0 aromatic heterocycles. The topological polar surface area (TPSA) is 60.2 Å². The Kier molecular flexibility index (Phi) is 4.08. The summed E-state index contributed by atoms with van der Waals surface area (Å²) in [5, 5.41) is -0.692. The van der Waals surface area contributed by atoms with Crippen molar-refractivity contribution in [1.82, 2.24) is 0 Å². The fourth-order valence-electron chi connectivity index (χ4n) is 2.57. The third-order valence-corrected chi connectivity index (χ3v) is 5.85. The van der Waals surface area contributed by atoms with E-state index < -0.39 is 31.6 Å². The van der Waals surface area contributed by atoms with E-state index in [1.54, 1.807) is 0 Å². The maximum absolute atomic E-state index is 13.8. The number of nitrogens with two attached hydrogens (primary N) is 1. The number of rotatable bonds is 2. The molecule has 0 radical (unpaired) electrons. The lowest BCUT2D eigenvalue weighted by atomic mass is 10.2. The van der Waals surface area contributed by atoms with Gasteiger partial charge in [0.25, 0.3) is 0 Å². The zero-order chi connectivity index (χ0) is 14.0. The largest absolute Gasteiger partial charge is 0.399 e. The van der Waals surface area contributed by atoms with Crippen LogP contribution in [-0.4, -0.2) is 13.7 Å². The van der Waals surface area contributed by atoms with E-state index in [-0.39, 0.29) is 5.69 Å². The van der Waals surface area contributed by atoms with Gasteiger partial charge in [0, 0.05) is 5.69 Å². The Morgan fingerprint density at radius 1 is 1.00 bits per heavy atom. The fourth-order valence-corrected chi connectivity index (χ4v) is 4.52. The first-order valence-electron chi connectivity index (χ1n) is 6.41. The second-order valence-electron chi connectivity index (χ2n) is 4.97. The van der Waals surface area contributed by atoms with Gasteiger partial charge in [-0.3, -0.25) is 0 Å². The molecule has 1 aromatic carbocycles. The molecule has 1 saturated carbocycles. The van der Waals surface area contributed by atoms with E-state index >= 15 is 0 Å². The summed E-state index contributed by atoms with van der Waals surface area (Å²) in [5.74, 6) is -2.19. The van der Waals surface area contributed by atoms with Crippen LogP contribution >= 0.6 is 0 Å². The molecule has 0 atom stereocenters. The van der Waals surface area contributed by atoms with Gasteiger partial charge in [-0.1, -0.05) is 25.7 Å². The normalized spacial score (nSPS) is 18.2. The maximum atomic E-state index is 13.8. The smallest absolute Gasteiger partial charge is 0.187 e. The highest BCUT2D eigenvalue weighted by atomic mass is 32.2. The van der Waals surface area contributed by atoms with Crippen molar-refractivity contribution >= 4 is 15.5 Å². The Balaban J connectivity index is 2.44. The summed E-state index contributed by atoms with van der Waals surface area (Å²) in [4.78, 5) is -0.825. The van der Waals surface area contributed by atoms with Gasteiger partial charge in [-0.2, -0.15) is 0 Å². The SMILES string of the molecule is Nc1cc(F)c(S(=O)(=O)C2CCCCCC2)c(F)c1. The van der Waals surface area contributed by atoms with E-state index in [0.717, 1.165) is 37.8 Å².